The highest BCUT2D eigenvalue weighted by Crippen LogP contribution is 2.22. The maximum Gasteiger partial charge on any atom is 0.345 e. The summed E-state index contributed by atoms with van der Waals surface area (Å²) < 4.78 is 4.28. The Hall–Kier alpha value is -1.59. The Kier molecular flexibility index (Phi) is 4.62. The van der Waals surface area contributed by atoms with Crippen molar-refractivity contribution in [2.75, 3.05) is 0 Å². The SMILES string of the molecule is CC.O=C1CC(C(=O)O)C(C(=O)O)O1. The van der Waals surface area contributed by atoms with Gasteiger partial charge in [0.05, 0.1) is 6.42 Å². The third-order valence-corrected chi connectivity index (χ3v) is 1.57. The van der Waals surface area contributed by atoms with Crippen LogP contribution in [-0.4, -0.2) is 34.2 Å². The van der Waals surface area contributed by atoms with Crippen LogP contribution in [0.2, 0.25) is 0 Å². The lowest BCUT2D eigenvalue weighted by Gasteiger charge is -2.07. The van der Waals surface area contributed by atoms with Gasteiger partial charge >= 0.3 is 17.9 Å². The van der Waals surface area contributed by atoms with Crippen molar-refractivity contribution in [3.8, 4) is 0 Å². The molecule has 0 aromatic rings. The summed E-state index contributed by atoms with van der Waals surface area (Å²) in [7, 11) is 0. The zero-order valence-corrected chi connectivity index (χ0v) is 7.89. The van der Waals surface area contributed by atoms with E-state index < -0.39 is 29.9 Å². The van der Waals surface area contributed by atoms with Crippen molar-refractivity contribution < 1.29 is 29.3 Å². The lowest BCUT2D eigenvalue weighted by Crippen LogP contribution is -2.31. The van der Waals surface area contributed by atoms with Crippen molar-refractivity contribution in [3.63, 3.8) is 0 Å². The van der Waals surface area contributed by atoms with Gasteiger partial charge in [0, 0.05) is 0 Å². The highest BCUT2D eigenvalue weighted by atomic mass is 16.6. The smallest absolute Gasteiger partial charge is 0.345 e. The second-order valence-electron chi connectivity index (χ2n) is 2.40. The average Bonchev–Trinajstić information content (AvgIpc) is 2.51. The first kappa shape index (κ1) is 12.4. The largest absolute Gasteiger partial charge is 0.481 e. The Morgan fingerprint density at radius 3 is 2.07 bits per heavy atom. The molecule has 0 aromatic carbocycles. The van der Waals surface area contributed by atoms with E-state index >= 15 is 0 Å². The van der Waals surface area contributed by atoms with E-state index in [0.717, 1.165) is 0 Å². The average molecular weight is 204 g/mol. The van der Waals surface area contributed by atoms with Crippen molar-refractivity contribution in [3.05, 3.63) is 0 Å². The fourth-order valence-electron chi connectivity index (χ4n) is 0.998. The van der Waals surface area contributed by atoms with Gasteiger partial charge in [0.15, 0.2) is 0 Å². The highest BCUT2D eigenvalue weighted by Gasteiger charge is 2.44. The van der Waals surface area contributed by atoms with Crippen molar-refractivity contribution in [1.29, 1.82) is 0 Å². The Balaban J connectivity index is 0.000000791. The molecule has 1 fully saturated rings. The second-order valence-corrected chi connectivity index (χ2v) is 2.40. The van der Waals surface area contributed by atoms with E-state index in [1.807, 2.05) is 13.8 Å². The quantitative estimate of drug-likeness (QED) is 0.619. The first-order valence-corrected chi connectivity index (χ1v) is 4.17. The minimum Gasteiger partial charge on any atom is -0.481 e. The maximum atomic E-state index is 10.5. The summed E-state index contributed by atoms with van der Waals surface area (Å²) in [5.74, 6) is -4.79. The minimum absolute atomic E-state index is 0.369. The molecule has 2 unspecified atom stereocenters. The lowest BCUT2D eigenvalue weighted by atomic mass is 10.0. The van der Waals surface area contributed by atoms with Gasteiger partial charge in [0.25, 0.3) is 0 Å². The molecule has 6 nitrogen and oxygen atoms in total. The predicted octanol–water partition coefficient (Wildman–Crippen LogP) is 0.114. The van der Waals surface area contributed by atoms with Crippen LogP contribution in [0.1, 0.15) is 20.3 Å². The van der Waals surface area contributed by atoms with Gasteiger partial charge in [-0.05, 0) is 0 Å². The molecule has 1 aliphatic rings. The van der Waals surface area contributed by atoms with Gasteiger partial charge in [-0.15, -0.1) is 0 Å². The maximum absolute atomic E-state index is 10.5. The molecule has 0 spiro atoms. The van der Waals surface area contributed by atoms with Crippen LogP contribution in [0.25, 0.3) is 0 Å². The van der Waals surface area contributed by atoms with Crippen LogP contribution in [0.4, 0.5) is 0 Å². The van der Waals surface area contributed by atoms with Crippen molar-refractivity contribution in [2.45, 2.75) is 26.4 Å². The van der Waals surface area contributed by atoms with Crippen molar-refractivity contribution in [2.24, 2.45) is 5.92 Å². The minimum atomic E-state index is -1.53. The van der Waals surface area contributed by atoms with Gasteiger partial charge in [-0.3, -0.25) is 9.59 Å². The fraction of sp³-hybridized carbons (Fsp3) is 0.625. The monoisotopic (exact) mass is 204 g/mol. The Morgan fingerprint density at radius 1 is 1.29 bits per heavy atom. The van der Waals surface area contributed by atoms with E-state index in [0.29, 0.717) is 0 Å². The summed E-state index contributed by atoms with van der Waals surface area (Å²) >= 11 is 0. The number of carbonyl (C=O) groups is 3. The molecule has 80 valence electrons. The van der Waals surface area contributed by atoms with E-state index in [-0.39, 0.29) is 6.42 Å². The Labute approximate surface area is 80.5 Å². The van der Waals surface area contributed by atoms with Gasteiger partial charge in [-0.1, -0.05) is 13.8 Å². The molecule has 1 aliphatic heterocycles. The van der Waals surface area contributed by atoms with Crippen LogP contribution in [0.5, 0.6) is 0 Å². The van der Waals surface area contributed by atoms with Gasteiger partial charge < -0.3 is 14.9 Å². The standard InChI is InChI=1S/C6H6O6.C2H6/c7-3-1-2(5(8)9)4(12-3)6(10)11;1-2/h2,4H,1H2,(H,8,9)(H,10,11);1-2H3. The molecular weight excluding hydrogens is 192 g/mol. The molecule has 0 bridgehead atoms. The molecule has 14 heavy (non-hydrogen) atoms. The Morgan fingerprint density at radius 2 is 1.79 bits per heavy atom. The van der Waals surface area contributed by atoms with Crippen LogP contribution in [0.3, 0.4) is 0 Å². The topological polar surface area (TPSA) is 101 Å². The van der Waals surface area contributed by atoms with Gasteiger partial charge in [0.2, 0.25) is 6.10 Å². The summed E-state index contributed by atoms with van der Waals surface area (Å²) in [6.45, 7) is 4.00. The number of cyclic esters (lactones) is 1. The number of carboxylic acid groups (broad SMARTS) is 2. The van der Waals surface area contributed by atoms with Crippen LogP contribution in [-0.2, 0) is 19.1 Å². The summed E-state index contributed by atoms with van der Waals surface area (Å²) in [4.78, 5) is 31.2. The van der Waals surface area contributed by atoms with Gasteiger partial charge in [-0.2, -0.15) is 0 Å². The van der Waals surface area contributed by atoms with Gasteiger partial charge in [0.1, 0.15) is 5.92 Å². The van der Waals surface area contributed by atoms with Crippen LogP contribution in [0, 0.1) is 5.92 Å². The third kappa shape index (κ3) is 2.72. The normalized spacial score (nSPS) is 24.6. The molecule has 1 rings (SSSR count). The summed E-state index contributed by atoms with van der Waals surface area (Å²) in [5, 5.41) is 16.9. The van der Waals surface area contributed by atoms with Crippen molar-refractivity contribution in [1.82, 2.24) is 0 Å². The number of hydrogen-bond donors (Lipinski definition) is 2. The van der Waals surface area contributed by atoms with Crippen LogP contribution in [0.15, 0.2) is 0 Å². The zero-order valence-electron chi connectivity index (χ0n) is 7.89. The number of ether oxygens (including phenoxy) is 1. The number of carboxylic acids is 2. The summed E-state index contributed by atoms with van der Waals surface area (Å²) in [6.07, 6.45) is -1.90. The molecule has 2 N–H and O–H groups in total. The summed E-state index contributed by atoms with van der Waals surface area (Å²) in [6, 6.07) is 0. The molecule has 0 amide bonds. The number of hydrogen-bond acceptors (Lipinski definition) is 4. The molecule has 0 saturated carbocycles. The molecule has 2 atom stereocenters. The van der Waals surface area contributed by atoms with E-state index in [4.69, 9.17) is 10.2 Å². The zero-order chi connectivity index (χ0) is 11.3. The lowest BCUT2D eigenvalue weighted by molar-refractivity contribution is -0.161. The third-order valence-electron chi connectivity index (χ3n) is 1.57. The molecule has 0 radical (unpaired) electrons. The number of aliphatic carboxylic acids is 2. The first-order valence-electron chi connectivity index (χ1n) is 4.17. The van der Waals surface area contributed by atoms with Gasteiger partial charge in [-0.25, -0.2) is 4.79 Å². The molecule has 0 aromatic heterocycles. The van der Waals surface area contributed by atoms with E-state index in [1.54, 1.807) is 0 Å². The molecular formula is C8H12O6. The number of carbonyl (C=O) groups excluding carboxylic acids is 1. The number of esters is 1. The van der Waals surface area contributed by atoms with Crippen LogP contribution < -0.4 is 0 Å². The van der Waals surface area contributed by atoms with E-state index in [2.05, 4.69) is 4.74 Å². The van der Waals surface area contributed by atoms with E-state index in [1.165, 1.54) is 0 Å². The predicted molar refractivity (Wildman–Crippen MR) is 44.6 cm³/mol. The van der Waals surface area contributed by atoms with E-state index in [9.17, 15) is 14.4 Å². The molecule has 1 saturated heterocycles. The molecule has 6 heteroatoms. The fourth-order valence-corrected chi connectivity index (χ4v) is 0.998. The van der Waals surface area contributed by atoms with Crippen molar-refractivity contribution >= 4 is 17.9 Å². The van der Waals surface area contributed by atoms with Crippen LogP contribution >= 0.6 is 0 Å². The Bertz CT molecular complexity index is 222. The second kappa shape index (κ2) is 5.21. The molecule has 1 heterocycles. The summed E-state index contributed by atoms with van der Waals surface area (Å²) in [5.41, 5.74) is 0. The molecule has 0 aliphatic carbocycles. The first-order chi connectivity index (χ1) is 6.52. The highest BCUT2D eigenvalue weighted by molar-refractivity contribution is 5.90. The number of rotatable bonds is 2.